The number of rotatable bonds is 3. The predicted octanol–water partition coefficient (Wildman–Crippen LogP) is 1.09. The molecule has 0 bridgehead atoms. The minimum atomic E-state index is 0.409. The summed E-state index contributed by atoms with van der Waals surface area (Å²) in [4.78, 5) is 7.79. The third-order valence-corrected chi connectivity index (χ3v) is 1.21. The van der Waals surface area contributed by atoms with Crippen LogP contribution in [0.25, 0.3) is 0 Å². The molecule has 12 heavy (non-hydrogen) atoms. The minimum absolute atomic E-state index is 0.409. The van der Waals surface area contributed by atoms with Gasteiger partial charge in [-0.25, -0.2) is 9.97 Å². The monoisotopic (exact) mass is 167 g/mol. The van der Waals surface area contributed by atoms with Gasteiger partial charge >= 0.3 is 0 Å². The van der Waals surface area contributed by atoms with Crippen LogP contribution < -0.4 is 10.5 Å². The van der Waals surface area contributed by atoms with Gasteiger partial charge < -0.3 is 10.5 Å². The third kappa shape index (κ3) is 2.74. The lowest BCUT2D eigenvalue weighted by molar-refractivity contribution is 0.260. The second-order valence-corrected chi connectivity index (χ2v) is 2.98. The van der Waals surface area contributed by atoms with E-state index in [2.05, 4.69) is 23.8 Å². The van der Waals surface area contributed by atoms with Gasteiger partial charge in [0.1, 0.15) is 5.82 Å². The first kappa shape index (κ1) is 8.77. The van der Waals surface area contributed by atoms with Crippen LogP contribution in [0.2, 0.25) is 0 Å². The normalized spacial score (nSPS) is 10.2. The second kappa shape index (κ2) is 3.90. The van der Waals surface area contributed by atoms with E-state index in [1.165, 1.54) is 12.4 Å². The van der Waals surface area contributed by atoms with Gasteiger partial charge in [0.2, 0.25) is 5.88 Å². The molecule has 1 heterocycles. The highest BCUT2D eigenvalue weighted by Crippen LogP contribution is 2.05. The number of hydrogen-bond donors (Lipinski definition) is 1. The fourth-order valence-electron chi connectivity index (χ4n) is 0.653. The average Bonchev–Trinajstić information content (AvgIpc) is 2.03. The molecule has 1 aromatic heterocycles. The first-order valence-corrected chi connectivity index (χ1v) is 3.89. The molecule has 2 N–H and O–H groups in total. The first-order chi connectivity index (χ1) is 5.68. The van der Waals surface area contributed by atoms with E-state index in [0.717, 1.165) is 0 Å². The minimum Gasteiger partial charge on any atom is -0.476 e. The van der Waals surface area contributed by atoms with Gasteiger partial charge in [-0.15, -0.1) is 0 Å². The Balaban J connectivity index is 2.48. The molecule has 0 saturated heterocycles. The SMILES string of the molecule is CC(C)COc1cnc(N)cn1. The van der Waals surface area contributed by atoms with Crippen LogP contribution in [-0.2, 0) is 0 Å². The van der Waals surface area contributed by atoms with Crippen LogP contribution >= 0.6 is 0 Å². The van der Waals surface area contributed by atoms with Crippen molar-refractivity contribution in [2.24, 2.45) is 5.92 Å². The molecule has 66 valence electrons. The highest BCUT2D eigenvalue weighted by molar-refractivity contribution is 5.24. The van der Waals surface area contributed by atoms with Crippen molar-refractivity contribution >= 4 is 5.82 Å². The lowest BCUT2D eigenvalue weighted by atomic mass is 10.2. The van der Waals surface area contributed by atoms with Crippen molar-refractivity contribution in [1.29, 1.82) is 0 Å². The van der Waals surface area contributed by atoms with E-state index in [4.69, 9.17) is 10.5 Å². The summed E-state index contributed by atoms with van der Waals surface area (Å²) in [5, 5.41) is 0. The van der Waals surface area contributed by atoms with E-state index in [-0.39, 0.29) is 0 Å². The number of ether oxygens (including phenoxy) is 1. The number of nitrogen functional groups attached to an aromatic ring is 1. The van der Waals surface area contributed by atoms with Crippen LogP contribution in [-0.4, -0.2) is 16.6 Å². The lowest BCUT2D eigenvalue weighted by Crippen LogP contribution is -2.06. The Kier molecular flexibility index (Phi) is 2.85. The van der Waals surface area contributed by atoms with Crippen molar-refractivity contribution in [1.82, 2.24) is 9.97 Å². The van der Waals surface area contributed by atoms with Crippen LogP contribution in [0.4, 0.5) is 5.82 Å². The van der Waals surface area contributed by atoms with Crippen molar-refractivity contribution in [2.75, 3.05) is 12.3 Å². The summed E-state index contributed by atoms with van der Waals surface area (Å²) in [6, 6.07) is 0. The maximum Gasteiger partial charge on any atom is 0.232 e. The van der Waals surface area contributed by atoms with Gasteiger partial charge in [0.15, 0.2) is 0 Å². The number of hydrogen-bond acceptors (Lipinski definition) is 4. The summed E-state index contributed by atoms with van der Waals surface area (Å²) in [5.74, 6) is 1.43. The topological polar surface area (TPSA) is 61.0 Å². The van der Waals surface area contributed by atoms with Crippen LogP contribution in [0.3, 0.4) is 0 Å². The Morgan fingerprint density at radius 1 is 1.42 bits per heavy atom. The summed E-state index contributed by atoms with van der Waals surface area (Å²) in [6.07, 6.45) is 3.01. The Hall–Kier alpha value is -1.32. The molecule has 4 nitrogen and oxygen atoms in total. The molecular weight excluding hydrogens is 154 g/mol. The van der Waals surface area contributed by atoms with E-state index in [9.17, 15) is 0 Å². The standard InChI is InChI=1S/C8H13N3O/c1-6(2)5-12-8-4-10-7(9)3-11-8/h3-4,6H,5H2,1-2H3,(H2,9,10). The third-order valence-electron chi connectivity index (χ3n) is 1.21. The largest absolute Gasteiger partial charge is 0.476 e. The molecule has 0 spiro atoms. The maximum absolute atomic E-state index is 5.35. The van der Waals surface area contributed by atoms with E-state index >= 15 is 0 Å². The van der Waals surface area contributed by atoms with Crippen molar-refractivity contribution < 1.29 is 4.74 Å². The number of aromatic nitrogens is 2. The van der Waals surface area contributed by atoms with E-state index in [0.29, 0.717) is 24.2 Å². The zero-order valence-electron chi connectivity index (χ0n) is 7.32. The van der Waals surface area contributed by atoms with E-state index < -0.39 is 0 Å². The van der Waals surface area contributed by atoms with Gasteiger partial charge in [-0.2, -0.15) is 0 Å². The average molecular weight is 167 g/mol. The molecule has 0 aromatic carbocycles. The summed E-state index contributed by atoms with van der Waals surface area (Å²) in [5.41, 5.74) is 5.35. The molecule has 0 atom stereocenters. The Bertz CT molecular complexity index is 233. The summed E-state index contributed by atoms with van der Waals surface area (Å²) < 4.78 is 5.29. The fourth-order valence-corrected chi connectivity index (χ4v) is 0.653. The summed E-state index contributed by atoms with van der Waals surface area (Å²) >= 11 is 0. The van der Waals surface area contributed by atoms with Gasteiger partial charge in [-0.3, -0.25) is 0 Å². The van der Waals surface area contributed by atoms with Gasteiger partial charge in [0.25, 0.3) is 0 Å². The van der Waals surface area contributed by atoms with Crippen LogP contribution in [0.1, 0.15) is 13.8 Å². The molecule has 0 saturated carbocycles. The molecular formula is C8H13N3O. The smallest absolute Gasteiger partial charge is 0.232 e. The van der Waals surface area contributed by atoms with Crippen LogP contribution in [0.15, 0.2) is 12.4 Å². The molecule has 0 aliphatic rings. The molecule has 0 fully saturated rings. The zero-order chi connectivity index (χ0) is 8.97. The molecule has 0 aliphatic heterocycles. The van der Waals surface area contributed by atoms with Crippen molar-refractivity contribution in [3.63, 3.8) is 0 Å². The molecule has 0 unspecified atom stereocenters. The second-order valence-electron chi connectivity index (χ2n) is 2.98. The van der Waals surface area contributed by atoms with Gasteiger partial charge in [-0.1, -0.05) is 13.8 Å². The number of anilines is 1. The molecule has 0 aliphatic carbocycles. The fraction of sp³-hybridized carbons (Fsp3) is 0.500. The van der Waals surface area contributed by atoms with Crippen molar-refractivity contribution in [2.45, 2.75) is 13.8 Å². The summed E-state index contributed by atoms with van der Waals surface area (Å²) in [7, 11) is 0. The Morgan fingerprint density at radius 2 is 2.17 bits per heavy atom. The highest BCUT2D eigenvalue weighted by atomic mass is 16.5. The lowest BCUT2D eigenvalue weighted by Gasteiger charge is -2.06. The van der Waals surface area contributed by atoms with Gasteiger partial charge in [0.05, 0.1) is 19.0 Å². The first-order valence-electron chi connectivity index (χ1n) is 3.89. The Labute approximate surface area is 71.8 Å². The molecule has 0 amide bonds. The maximum atomic E-state index is 5.35. The Morgan fingerprint density at radius 3 is 2.67 bits per heavy atom. The number of nitrogens with two attached hydrogens (primary N) is 1. The predicted molar refractivity (Wildman–Crippen MR) is 46.8 cm³/mol. The van der Waals surface area contributed by atoms with E-state index in [1.807, 2.05) is 0 Å². The van der Waals surface area contributed by atoms with Crippen molar-refractivity contribution in [3.8, 4) is 5.88 Å². The van der Waals surface area contributed by atoms with E-state index in [1.54, 1.807) is 0 Å². The molecule has 0 radical (unpaired) electrons. The van der Waals surface area contributed by atoms with Gasteiger partial charge in [0, 0.05) is 0 Å². The highest BCUT2D eigenvalue weighted by Gasteiger charge is 1.97. The van der Waals surface area contributed by atoms with Crippen LogP contribution in [0.5, 0.6) is 5.88 Å². The van der Waals surface area contributed by atoms with Crippen molar-refractivity contribution in [3.05, 3.63) is 12.4 Å². The molecule has 1 aromatic rings. The quantitative estimate of drug-likeness (QED) is 0.732. The van der Waals surface area contributed by atoms with Crippen LogP contribution in [0, 0.1) is 5.92 Å². The van der Waals surface area contributed by atoms with Gasteiger partial charge in [-0.05, 0) is 5.92 Å². The zero-order valence-corrected chi connectivity index (χ0v) is 7.32. The summed E-state index contributed by atoms with van der Waals surface area (Å²) in [6.45, 7) is 4.80. The molecule has 1 rings (SSSR count). The molecule has 4 heteroatoms. The number of nitrogens with zero attached hydrogens (tertiary/aromatic N) is 2.